The van der Waals surface area contributed by atoms with E-state index in [2.05, 4.69) is 18.0 Å². The largest absolute Gasteiger partial charge is 0.311 e. The van der Waals surface area contributed by atoms with Crippen molar-refractivity contribution in [2.24, 2.45) is 5.92 Å². The minimum absolute atomic E-state index is 0.466. The number of allylic oxidation sites excluding steroid dienone is 1. The topological polar surface area (TPSA) is 35.8 Å². The molecule has 0 amide bonds. The van der Waals surface area contributed by atoms with Crippen molar-refractivity contribution in [3.05, 3.63) is 12.2 Å². The first-order chi connectivity index (χ1) is 5.79. The van der Waals surface area contributed by atoms with Crippen LogP contribution in [-0.4, -0.2) is 12.1 Å². The van der Waals surface area contributed by atoms with E-state index < -0.39 is 0 Å². The summed E-state index contributed by atoms with van der Waals surface area (Å²) in [5.74, 6) is 0.466. The van der Waals surface area contributed by atoms with Crippen molar-refractivity contribution >= 4 is 0 Å². The van der Waals surface area contributed by atoms with Crippen LogP contribution in [-0.2, 0) is 0 Å². The molecule has 2 aliphatic heterocycles. The molecule has 0 saturated carbocycles. The SMILES string of the molecule is C=C(C#N)C1CC2CCC(C1)N2. The van der Waals surface area contributed by atoms with E-state index in [4.69, 9.17) is 5.26 Å². The minimum Gasteiger partial charge on any atom is -0.311 e. The van der Waals surface area contributed by atoms with Crippen molar-refractivity contribution in [1.29, 1.82) is 5.26 Å². The molecule has 2 rings (SSSR count). The number of nitrogens with one attached hydrogen (secondary N) is 1. The van der Waals surface area contributed by atoms with Crippen molar-refractivity contribution in [2.75, 3.05) is 0 Å². The molecule has 2 bridgehead atoms. The number of nitriles is 1. The summed E-state index contributed by atoms with van der Waals surface area (Å²) in [5, 5.41) is 12.3. The summed E-state index contributed by atoms with van der Waals surface area (Å²) < 4.78 is 0. The second kappa shape index (κ2) is 2.91. The fourth-order valence-corrected chi connectivity index (χ4v) is 2.43. The van der Waals surface area contributed by atoms with Crippen LogP contribution in [0.2, 0.25) is 0 Å². The van der Waals surface area contributed by atoms with E-state index in [-0.39, 0.29) is 0 Å². The van der Waals surface area contributed by atoms with Crippen LogP contribution in [0.1, 0.15) is 25.7 Å². The maximum absolute atomic E-state index is 8.71. The lowest BCUT2D eigenvalue weighted by Crippen LogP contribution is -2.38. The number of hydrogen-bond acceptors (Lipinski definition) is 2. The smallest absolute Gasteiger partial charge is 0.0943 e. The van der Waals surface area contributed by atoms with Gasteiger partial charge in [0.15, 0.2) is 0 Å². The van der Waals surface area contributed by atoms with Gasteiger partial charge in [-0.2, -0.15) is 5.26 Å². The quantitative estimate of drug-likeness (QED) is 0.594. The van der Waals surface area contributed by atoms with Crippen LogP contribution in [0.25, 0.3) is 0 Å². The van der Waals surface area contributed by atoms with Crippen molar-refractivity contribution in [1.82, 2.24) is 5.32 Å². The summed E-state index contributed by atoms with van der Waals surface area (Å²) in [5.41, 5.74) is 0.786. The van der Waals surface area contributed by atoms with E-state index in [1.54, 1.807) is 0 Å². The first kappa shape index (κ1) is 7.82. The van der Waals surface area contributed by atoms with E-state index in [1.165, 1.54) is 12.8 Å². The second-order valence-corrected chi connectivity index (χ2v) is 3.94. The summed E-state index contributed by atoms with van der Waals surface area (Å²) in [4.78, 5) is 0. The van der Waals surface area contributed by atoms with Gasteiger partial charge in [0.25, 0.3) is 0 Å². The van der Waals surface area contributed by atoms with E-state index in [0.717, 1.165) is 18.4 Å². The highest BCUT2D eigenvalue weighted by atomic mass is 15.0. The van der Waals surface area contributed by atoms with Crippen molar-refractivity contribution in [3.63, 3.8) is 0 Å². The van der Waals surface area contributed by atoms with Gasteiger partial charge in [-0.1, -0.05) is 6.58 Å². The van der Waals surface area contributed by atoms with Gasteiger partial charge in [0.05, 0.1) is 6.07 Å². The molecule has 1 N–H and O–H groups in total. The van der Waals surface area contributed by atoms with Gasteiger partial charge < -0.3 is 5.32 Å². The second-order valence-electron chi connectivity index (χ2n) is 3.94. The zero-order chi connectivity index (χ0) is 8.55. The lowest BCUT2D eigenvalue weighted by Gasteiger charge is -2.28. The lowest BCUT2D eigenvalue weighted by atomic mass is 9.87. The predicted octanol–water partition coefficient (Wildman–Crippen LogP) is 1.60. The molecule has 2 nitrogen and oxygen atoms in total. The Bertz CT molecular complexity index is 227. The van der Waals surface area contributed by atoms with E-state index in [0.29, 0.717) is 18.0 Å². The molecule has 0 radical (unpaired) electrons. The van der Waals surface area contributed by atoms with Crippen LogP contribution in [0.15, 0.2) is 12.2 Å². The van der Waals surface area contributed by atoms with E-state index >= 15 is 0 Å². The zero-order valence-electron chi connectivity index (χ0n) is 7.21. The van der Waals surface area contributed by atoms with Gasteiger partial charge in [0.1, 0.15) is 0 Å². The Balaban J connectivity index is 2.03. The Morgan fingerprint density at radius 2 is 1.92 bits per heavy atom. The third-order valence-corrected chi connectivity index (χ3v) is 3.11. The van der Waals surface area contributed by atoms with Gasteiger partial charge in [-0.15, -0.1) is 0 Å². The van der Waals surface area contributed by atoms with Gasteiger partial charge in [0, 0.05) is 17.7 Å². The van der Waals surface area contributed by atoms with Gasteiger partial charge >= 0.3 is 0 Å². The molecule has 0 aromatic rings. The van der Waals surface area contributed by atoms with E-state index in [1.807, 2.05) is 0 Å². The van der Waals surface area contributed by atoms with E-state index in [9.17, 15) is 0 Å². The number of fused-ring (bicyclic) bond motifs is 2. The molecule has 0 aromatic heterocycles. The maximum Gasteiger partial charge on any atom is 0.0943 e. The monoisotopic (exact) mass is 162 g/mol. The standard InChI is InChI=1S/C10H14N2/c1-7(6-11)8-4-9-2-3-10(5-8)12-9/h8-10,12H,1-5H2. The Morgan fingerprint density at radius 1 is 1.33 bits per heavy atom. The molecule has 12 heavy (non-hydrogen) atoms. The molecule has 64 valence electrons. The zero-order valence-corrected chi connectivity index (χ0v) is 7.21. The Hall–Kier alpha value is -0.810. The highest BCUT2D eigenvalue weighted by Crippen LogP contribution is 2.33. The predicted molar refractivity (Wildman–Crippen MR) is 47.4 cm³/mol. The summed E-state index contributed by atoms with van der Waals surface area (Å²) >= 11 is 0. The molecule has 0 spiro atoms. The highest BCUT2D eigenvalue weighted by Gasteiger charge is 2.34. The number of hydrogen-bond donors (Lipinski definition) is 1. The highest BCUT2D eigenvalue weighted by molar-refractivity contribution is 5.21. The van der Waals surface area contributed by atoms with Crippen molar-refractivity contribution < 1.29 is 0 Å². The third-order valence-electron chi connectivity index (χ3n) is 3.11. The van der Waals surface area contributed by atoms with Gasteiger partial charge in [-0.3, -0.25) is 0 Å². The average Bonchev–Trinajstić information content (AvgIpc) is 2.44. The number of nitrogens with zero attached hydrogens (tertiary/aromatic N) is 1. The molecule has 2 aliphatic rings. The number of piperidine rings is 1. The molecule has 2 unspecified atom stereocenters. The minimum atomic E-state index is 0.466. The normalized spacial score (nSPS) is 39.1. The van der Waals surface area contributed by atoms with Crippen LogP contribution in [0.4, 0.5) is 0 Å². The Labute approximate surface area is 73.3 Å². The first-order valence-corrected chi connectivity index (χ1v) is 4.64. The first-order valence-electron chi connectivity index (χ1n) is 4.64. The molecule has 0 aliphatic carbocycles. The summed E-state index contributed by atoms with van der Waals surface area (Å²) in [6, 6.07) is 3.51. The van der Waals surface area contributed by atoms with Crippen LogP contribution in [0.5, 0.6) is 0 Å². The van der Waals surface area contributed by atoms with Crippen LogP contribution < -0.4 is 5.32 Å². The lowest BCUT2D eigenvalue weighted by molar-refractivity contribution is 0.337. The van der Waals surface area contributed by atoms with Crippen LogP contribution >= 0.6 is 0 Å². The van der Waals surface area contributed by atoms with Gasteiger partial charge in [-0.05, 0) is 31.6 Å². The molecule has 2 fully saturated rings. The maximum atomic E-state index is 8.71. The molecule has 0 aromatic carbocycles. The fourth-order valence-electron chi connectivity index (χ4n) is 2.43. The average molecular weight is 162 g/mol. The fraction of sp³-hybridized carbons (Fsp3) is 0.700. The molecular weight excluding hydrogens is 148 g/mol. The Morgan fingerprint density at radius 3 is 2.42 bits per heavy atom. The Kier molecular flexibility index (Phi) is 1.90. The third kappa shape index (κ3) is 1.25. The summed E-state index contributed by atoms with van der Waals surface area (Å²) in [6.07, 6.45) is 4.84. The molecule has 2 atom stereocenters. The van der Waals surface area contributed by atoms with Gasteiger partial charge in [-0.25, -0.2) is 0 Å². The summed E-state index contributed by atoms with van der Waals surface area (Å²) in [6.45, 7) is 3.80. The molecule has 2 heteroatoms. The summed E-state index contributed by atoms with van der Waals surface area (Å²) in [7, 11) is 0. The number of rotatable bonds is 1. The van der Waals surface area contributed by atoms with Crippen LogP contribution in [0.3, 0.4) is 0 Å². The molecule has 2 heterocycles. The molecular formula is C10H14N2. The van der Waals surface area contributed by atoms with Crippen LogP contribution in [0, 0.1) is 17.2 Å². The van der Waals surface area contributed by atoms with Gasteiger partial charge in [0.2, 0.25) is 0 Å². The molecule has 2 saturated heterocycles. The van der Waals surface area contributed by atoms with Crippen molar-refractivity contribution in [2.45, 2.75) is 37.8 Å². The van der Waals surface area contributed by atoms with Crippen molar-refractivity contribution in [3.8, 4) is 6.07 Å².